The highest BCUT2D eigenvalue weighted by Crippen LogP contribution is 2.41. The van der Waals surface area contributed by atoms with Crippen molar-refractivity contribution in [3.05, 3.63) is 78.1 Å². The maximum absolute atomic E-state index is 12.9. The summed E-state index contributed by atoms with van der Waals surface area (Å²) in [6, 6.07) is 17.7. The highest BCUT2D eigenvalue weighted by atomic mass is 32.1. The zero-order valence-corrected chi connectivity index (χ0v) is 21.4. The Hall–Kier alpha value is -4.10. The maximum Gasteiger partial charge on any atom is 0.250 e. The normalized spacial score (nSPS) is 11.7. The number of thiazole rings is 1. The monoisotopic (exact) mass is 498 g/mol. The molecule has 6 nitrogen and oxygen atoms in total. The first-order valence-electron chi connectivity index (χ1n) is 11.7. The van der Waals surface area contributed by atoms with Gasteiger partial charge in [0.05, 0.1) is 30.2 Å². The van der Waals surface area contributed by atoms with Crippen LogP contribution in [0.25, 0.3) is 37.9 Å². The Morgan fingerprint density at radius 1 is 1.17 bits per heavy atom. The third-order valence-corrected chi connectivity index (χ3v) is 6.96. The molecule has 0 fully saturated rings. The summed E-state index contributed by atoms with van der Waals surface area (Å²) in [5.74, 6) is 1.23. The highest BCUT2D eigenvalue weighted by Gasteiger charge is 2.19. The molecule has 0 saturated heterocycles. The number of carbonyl (C=O) groups is 1. The van der Waals surface area contributed by atoms with Gasteiger partial charge in [-0.3, -0.25) is 10.1 Å². The molecule has 1 amide bonds. The second-order valence-electron chi connectivity index (χ2n) is 8.37. The predicted molar refractivity (Wildman–Crippen MR) is 146 cm³/mol. The van der Waals surface area contributed by atoms with Gasteiger partial charge in [0.15, 0.2) is 5.13 Å². The van der Waals surface area contributed by atoms with Crippen LogP contribution in [0, 0.1) is 6.92 Å². The van der Waals surface area contributed by atoms with Gasteiger partial charge in [-0.2, -0.15) is 0 Å². The largest absolute Gasteiger partial charge is 0.497 e. The number of aromatic nitrogens is 1. The highest BCUT2D eigenvalue weighted by molar-refractivity contribution is 7.22. The average Bonchev–Trinajstić information content (AvgIpc) is 3.49. The maximum atomic E-state index is 12.9. The first-order chi connectivity index (χ1) is 17.5. The van der Waals surface area contributed by atoms with Crippen molar-refractivity contribution in [2.75, 3.05) is 19.0 Å². The second kappa shape index (κ2) is 9.87. The van der Waals surface area contributed by atoms with E-state index in [9.17, 15) is 4.79 Å². The standard InChI is InChI=1S/C29H26N2O4S/c1-5-34-27-18(3)28-22(23(16-35-28)19-9-8-10-20(14-19)33-4)15-21(27)17(2)13-26(32)31-29-30-24-11-6-7-12-25(24)36-29/h6-16H,5H2,1-4H3,(H,30,31,32)/b17-13+. The Kier molecular flexibility index (Phi) is 6.48. The number of fused-ring (bicyclic) bond motifs is 2. The van der Waals surface area contributed by atoms with Gasteiger partial charge in [0.2, 0.25) is 5.91 Å². The lowest BCUT2D eigenvalue weighted by Gasteiger charge is -2.15. The fourth-order valence-corrected chi connectivity index (χ4v) is 5.16. The summed E-state index contributed by atoms with van der Waals surface area (Å²) in [7, 11) is 1.65. The number of nitrogens with zero attached hydrogens (tertiary/aromatic N) is 1. The molecule has 7 heteroatoms. The molecule has 0 spiro atoms. The van der Waals surface area contributed by atoms with Gasteiger partial charge in [-0.1, -0.05) is 35.6 Å². The summed E-state index contributed by atoms with van der Waals surface area (Å²) >= 11 is 1.45. The van der Waals surface area contributed by atoms with Gasteiger partial charge in [-0.15, -0.1) is 0 Å². The Morgan fingerprint density at radius 2 is 2.00 bits per heavy atom. The number of anilines is 1. The topological polar surface area (TPSA) is 73.6 Å². The first kappa shape index (κ1) is 23.6. The summed E-state index contributed by atoms with van der Waals surface area (Å²) in [4.78, 5) is 17.4. The third-order valence-electron chi connectivity index (χ3n) is 6.01. The molecular formula is C29H26N2O4S. The molecule has 0 bridgehead atoms. The number of benzene rings is 3. The molecule has 0 aliphatic carbocycles. The quantitative estimate of drug-likeness (QED) is 0.236. The van der Waals surface area contributed by atoms with Crippen LogP contribution in [-0.2, 0) is 4.79 Å². The van der Waals surface area contributed by atoms with E-state index in [4.69, 9.17) is 13.9 Å². The summed E-state index contributed by atoms with van der Waals surface area (Å²) in [5, 5.41) is 4.41. The number of allylic oxidation sites excluding steroid dienone is 1. The van der Waals surface area contributed by atoms with E-state index < -0.39 is 0 Å². The van der Waals surface area contributed by atoms with Crippen LogP contribution in [0.2, 0.25) is 0 Å². The van der Waals surface area contributed by atoms with E-state index in [2.05, 4.69) is 10.3 Å². The van der Waals surface area contributed by atoms with Crippen molar-refractivity contribution < 1.29 is 18.7 Å². The molecule has 1 N–H and O–H groups in total. The van der Waals surface area contributed by atoms with Crippen LogP contribution in [0.1, 0.15) is 25.0 Å². The molecule has 0 atom stereocenters. The fraction of sp³-hybridized carbons (Fsp3) is 0.172. The predicted octanol–water partition coefficient (Wildman–Crippen LogP) is 7.47. The number of para-hydroxylation sites is 1. The molecule has 182 valence electrons. The van der Waals surface area contributed by atoms with Crippen LogP contribution in [0.4, 0.5) is 5.13 Å². The minimum atomic E-state index is -0.244. The van der Waals surface area contributed by atoms with Gasteiger partial charge >= 0.3 is 0 Å². The van der Waals surface area contributed by atoms with Crippen LogP contribution in [0.3, 0.4) is 0 Å². The Labute approximate surface area is 213 Å². The number of hydrogen-bond acceptors (Lipinski definition) is 6. The van der Waals surface area contributed by atoms with Gasteiger partial charge < -0.3 is 13.9 Å². The lowest BCUT2D eigenvalue weighted by atomic mass is 9.96. The third kappa shape index (κ3) is 4.45. The van der Waals surface area contributed by atoms with E-state index in [1.807, 2.05) is 75.4 Å². The fourth-order valence-electron chi connectivity index (χ4n) is 4.29. The van der Waals surface area contributed by atoms with Gasteiger partial charge in [-0.25, -0.2) is 4.98 Å². The van der Waals surface area contributed by atoms with E-state index in [1.54, 1.807) is 19.4 Å². The zero-order valence-electron chi connectivity index (χ0n) is 20.5. The molecule has 0 aliphatic rings. The van der Waals surface area contributed by atoms with Crippen LogP contribution < -0.4 is 14.8 Å². The van der Waals surface area contributed by atoms with Crippen molar-refractivity contribution in [1.29, 1.82) is 0 Å². The van der Waals surface area contributed by atoms with Crippen molar-refractivity contribution in [3.63, 3.8) is 0 Å². The van der Waals surface area contributed by atoms with Crippen molar-refractivity contribution in [2.24, 2.45) is 0 Å². The average molecular weight is 499 g/mol. The number of hydrogen-bond donors (Lipinski definition) is 1. The summed E-state index contributed by atoms with van der Waals surface area (Å²) in [5.41, 5.74) is 6.06. The molecule has 0 saturated carbocycles. The molecular weight excluding hydrogens is 472 g/mol. The van der Waals surface area contributed by atoms with Gasteiger partial charge in [0.1, 0.15) is 17.1 Å². The van der Waals surface area contributed by atoms with E-state index in [0.717, 1.165) is 54.8 Å². The van der Waals surface area contributed by atoms with Gasteiger partial charge in [-0.05, 0) is 62.2 Å². The molecule has 5 rings (SSSR count). The van der Waals surface area contributed by atoms with Crippen molar-refractivity contribution in [3.8, 4) is 22.6 Å². The molecule has 0 radical (unpaired) electrons. The number of amides is 1. The van der Waals surface area contributed by atoms with E-state index in [0.29, 0.717) is 17.5 Å². The second-order valence-corrected chi connectivity index (χ2v) is 9.40. The van der Waals surface area contributed by atoms with E-state index >= 15 is 0 Å². The summed E-state index contributed by atoms with van der Waals surface area (Å²) in [6.07, 6.45) is 3.34. The smallest absolute Gasteiger partial charge is 0.250 e. The lowest BCUT2D eigenvalue weighted by Crippen LogP contribution is -2.08. The number of furan rings is 1. The van der Waals surface area contributed by atoms with E-state index in [-0.39, 0.29) is 5.91 Å². The van der Waals surface area contributed by atoms with Crippen LogP contribution in [0.5, 0.6) is 11.5 Å². The minimum absolute atomic E-state index is 0.244. The molecule has 0 aliphatic heterocycles. The number of aryl methyl sites for hydroxylation is 1. The van der Waals surface area contributed by atoms with E-state index in [1.165, 1.54) is 11.3 Å². The van der Waals surface area contributed by atoms with Crippen molar-refractivity contribution in [2.45, 2.75) is 20.8 Å². The van der Waals surface area contributed by atoms with Crippen LogP contribution in [-0.4, -0.2) is 24.6 Å². The molecule has 2 aromatic heterocycles. The SMILES string of the molecule is CCOc1c(/C(C)=C/C(=O)Nc2nc3ccccc3s2)cc2c(-c3cccc(OC)c3)coc2c1C. The Morgan fingerprint density at radius 3 is 2.78 bits per heavy atom. The van der Waals surface area contributed by atoms with Gasteiger partial charge in [0, 0.05) is 28.2 Å². The zero-order chi connectivity index (χ0) is 25.2. The number of rotatable bonds is 7. The lowest BCUT2D eigenvalue weighted by molar-refractivity contribution is -0.111. The number of carbonyl (C=O) groups excluding carboxylic acids is 1. The molecule has 36 heavy (non-hydrogen) atoms. The Balaban J connectivity index is 1.54. The number of nitrogens with one attached hydrogen (secondary N) is 1. The summed E-state index contributed by atoms with van der Waals surface area (Å²) in [6.45, 7) is 6.32. The first-order valence-corrected chi connectivity index (χ1v) is 12.5. The van der Waals surface area contributed by atoms with Gasteiger partial charge in [0.25, 0.3) is 0 Å². The molecule has 5 aromatic rings. The number of ether oxygens (including phenoxy) is 2. The summed E-state index contributed by atoms with van der Waals surface area (Å²) < 4.78 is 18.4. The molecule has 0 unspecified atom stereocenters. The van der Waals surface area contributed by atoms with Crippen molar-refractivity contribution >= 4 is 49.1 Å². The molecule has 3 aromatic carbocycles. The molecule has 2 heterocycles. The van der Waals surface area contributed by atoms with Crippen molar-refractivity contribution in [1.82, 2.24) is 4.98 Å². The Bertz CT molecular complexity index is 1580. The minimum Gasteiger partial charge on any atom is -0.497 e. The van der Waals surface area contributed by atoms with Crippen LogP contribution >= 0.6 is 11.3 Å². The van der Waals surface area contributed by atoms with Crippen LogP contribution in [0.15, 0.2) is 71.4 Å². The number of methoxy groups -OCH3 is 1.